The summed E-state index contributed by atoms with van der Waals surface area (Å²) >= 11 is 0. The molecule has 2 aromatic rings. The van der Waals surface area contributed by atoms with E-state index in [2.05, 4.69) is 4.98 Å². The standard InChI is InChI=1S/C22H23N3O4/c26-18-2-1-11-24(13-18)22(29)20-12-19(27)14-25(20)21(28)17-5-3-15(4-6-17)16-7-9-23-10-8-16/h3-10,18,20,26H,1-2,11-14H2/t18-,20-/m0/s1. The van der Waals surface area contributed by atoms with Crippen molar-refractivity contribution in [2.45, 2.75) is 31.4 Å². The van der Waals surface area contributed by atoms with Crippen LogP contribution in [0.25, 0.3) is 11.1 Å². The molecule has 150 valence electrons. The number of rotatable bonds is 3. The number of pyridine rings is 1. The monoisotopic (exact) mass is 393 g/mol. The van der Waals surface area contributed by atoms with Crippen LogP contribution >= 0.6 is 0 Å². The highest BCUT2D eigenvalue weighted by Gasteiger charge is 2.41. The van der Waals surface area contributed by atoms with E-state index in [1.807, 2.05) is 24.3 Å². The number of ketones is 1. The molecule has 0 bridgehead atoms. The zero-order chi connectivity index (χ0) is 20.4. The molecule has 0 radical (unpaired) electrons. The fourth-order valence-electron chi connectivity index (χ4n) is 4.01. The maximum absolute atomic E-state index is 13.0. The first-order valence-corrected chi connectivity index (χ1v) is 9.83. The summed E-state index contributed by atoms with van der Waals surface area (Å²) in [6.45, 7) is 0.743. The number of aromatic nitrogens is 1. The van der Waals surface area contributed by atoms with Crippen LogP contribution in [0.5, 0.6) is 0 Å². The topological polar surface area (TPSA) is 90.8 Å². The second-order valence-electron chi connectivity index (χ2n) is 7.59. The summed E-state index contributed by atoms with van der Waals surface area (Å²) in [6, 6.07) is 10.1. The van der Waals surface area contributed by atoms with Gasteiger partial charge in [0, 0.05) is 37.5 Å². The lowest BCUT2D eigenvalue weighted by atomic mass is 10.0. The molecule has 0 aliphatic carbocycles. The molecule has 1 aromatic heterocycles. The molecule has 2 fully saturated rings. The third-order valence-electron chi connectivity index (χ3n) is 5.54. The van der Waals surface area contributed by atoms with Gasteiger partial charge in [0.15, 0.2) is 5.78 Å². The zero-order valence-electron chi connectivity index (χ0n) is 16.0. The van der Waals surface area contributed by atoms with Gasteiger partial charge in [-0.15, -0.1) is 0 Å². The fraction of sp³-hybridized carbons (Fsp3) is 0.364. The maximum Gasteiger partial charge on any atom is 0.254 e. The number of piperidine rings is 1. The molecule has 4 rings (SSSR count). The molecule has 2 saturated heterocycles. The highest BCUT2D eigenvalue weighted by Crippen LogP contribution is 2.24. The zero-order valence-corrected chi connectivity index (χ0v) is 16.0. The lowest BCUT2D eigenvalue weighted by Crippen LogP contribution is -2.51. The Morgan fingerprint density at radius 3 is 2.41 bits per heavy atom. The number of benzene rings is 1. The van der Waals surface area contributed by atoms with E-state index in [1.54, 1.807) is 29.4 Å². The highest BCUT2D eigenvalue weighted by molar-refractivity contribution is 6.04. The third kappa shape index (κ3) is 4.05. The molecule has 7 nitrogen and oxygen atoms in total. The van der Waals surface area contributed by atoms with Crippen molar-refractivity contribution >= 4 is 17.6 Å². The molecule has 2 aliphatic rings. The molecule has 7 heteroatoms. The smallest absolute Gasteiger partial charge is 0.254 e. The van der Waals surface area contributed by atoms with Crippen molar-refractivity contribution in [3.8, 4) is 11.1 Å². The van der Waals surface area contributed by atoms with Crippen molar-refractivity contribution in [3.63, 3.8) is 0 Å². The van der Waals surface area contributed by atoms with E-state index in [-0.39, 0.29) is 37.1 Å². The number of β-amino-alcohol motifs (C(OH)–C–C–N with tert-alkyl or cyclic N) is 1. The minimum atomic E-state index is -0.792. The molecule has 3 heterocycles. The van der Waals surface area contributed by atoms with Crippen molar-refractivity contribution in [3.05, 3.63) is 54.4 Å². The van der Waals surface area contributed by atoms with Gasteiger partial charge in [0.2, 0.25) is 5.91 Å². The summed E-state index contributed by atoms with van der Waals surface area (Å²) in [4.78, 5) is 45.0. The first-order valence-electron chi connectivity index (χ1n) is 9.83. The number of likely N-dealkylation sites (tertiary alicyclic amines) is 2. The molecule has 2 amide bonds. The SMILES string of the molecule is O=C1C[C@@H](C(=O)N2CCC[C@H](O)C2)N(C(=O)c2ccc(-c3ccncc3)cc2)C1. The van der Waals surface area contributed by atoms with E-state index in [4.69, 9.17) is 0 Å². The molecule has 1 N–H and O–H groups in total. The van der Waals surface area contributed by atoms with Crippen LogP contribution in [0.4, 0.5) is 0 Å². The van der Waals surface area contributed by atoms with Gasteiger partial charge in [0.25, 0.3) is 5.91 Å². The Labute approximate surface area is 169 Å². The van der Waals surface area contributed by atoms with Crippen LogP contribution in [-0.2, 0) is 9.59 Å². The second kappa shape index (κ2) is 8.13. The molecular weight excluding hydrogens is 370 g/mol. The van der Waals surface area contributed by atoms with E-state index in [0.29, 0.717) is 18.5 Å². The number of carbonyl (C=O) groups excluding carboxylic acids is 3. The largest absolute Gasteiger partial charge is 0.391 e. The Kier molecular flexibility index (Phi) is 5.40. The molecule has 1 aromatic carbocycles. The highest BCUT2D eigenvalue weighted by atomic mass is 16.3. The van der Waals surface area contributed by atoms with Crippen LogP contribution in [0.2, 0.25) is 0 Å². The van der Waals surface area contributed by atoms with Gasteiger partial charge in [-0.1, -0.05) is 12.1 Å². The fourth-order valence-corrected chi connectivity index (χ4v) is 4.01. The second-order valence-corrected chi connectivity index (χ2v) is 7.59. The molecule has 0 unspecified atom stereocenters. The molecular formula is C22H23N3O4. The summed E-state index contributed by atoms with van der Waals surface area (Å²) < 4.78 is 0. The van der Waals surface area contributed by atoms with Crippen LogP contribution in [0, 0.1) is 0 Å². The first-order chi connectivity index (χ1) is 14.0. The maximum atomic E-state index is 13.0. The number of nitrogens with zero attached hydrogens (tertiary/aromatic N) is 3. The number of amides is 2. The Morgan fingerprint density at radius 2 is 1.72 bits per heavy atom. The average molecular weight is 393 g/mol. The first kappa shape index (κ1) is 19.3. The van der Waals surface area contributed by atoms with Crippen molar-refractivity contribution in [1.29, 1.82) is 0 Å². The average Bonchev–Trinajstić information content (AvgIpc) is 3.15. The summed E-state index contributed by atoms with van der Waals surface area (Å²) in [5.41, 5.74) is 2.39. The van der Waals surface area contributed by atoms with Crippen molar-refractivity contribution < 1.29 is 19.5 Å². The minimum Gasteiger partial charge on any atom is -0.391 e. The molecule has 0 saturated carbocycles. The van der Waals surface area contributed by atoms with Gasteiger partial charge in [-0.3, -0.25) is 19.4 Å². The van der Waals surface area contributed by atoms with Crippen LogP contribution in [0.15, 0.2) is 48.8 Å². The van der Waals surface area contributed by atoms with Crippen LogP contribution in [0.1, 0.15) is 29.6 Å². The molecule has 0 spiro atoms. The van der Waals surface area contributed by atoms with E-state index in [9.17, 15) is 19.5 Å². The molecule has 29 heavy (non-hydrogen) atoms. The summed E-state index contributed by atoms with van der Waals surface area (Å²) in [6.07, 6.45) is 4.29. The predicted octanol–water partition coefficient (Wildman–Crippen LogP) is 1.52. The van der Waals surface area contributed by atoms with Gasteiger partial charge in [-0.25, -0.2) is 0 Å². The Hall–Kier alpha value is -3.06. The lowest BCUT2D eigenvalue weighted by molar-refractivity contribution is -0.138. The van der Waals surface area contributed by atoms with E-state index < -0.39 is 12.1 Å². The predicted molar refractivity (Wildman–Crippen MR) is 106 cm³/mol. The van der Waals surface area contributed by atoms with E-state index in [1.165, 1.54) is 4.90 Å². The number of carbonyl (C=O) groups is 3. The number of aliphatic hydroxyl groups excluding tert-OH is 1. The van der Waals surface area contributed by atoms with E-state index in [0.717, 1.165) is 17.5 Å². The van der Waals surface area contributed by atoms with Crippen molar-refractivity contribution in [2.24, 2.45) is 0 Å². The quantitative estimate of drug-likeness (QED) is 0.854. The van der Waals surface area contributed by atoms with Gasteiger partial charge in [-0.2, -0.15) is 0 Å². The van der Waals surface area contributed by atoms with Gasteiger partial charge in [0.05, 0.1) is 12.6 Å². The number of hydrogen-bond acceptors (Lipinski definition) is 5. The van der Waals surface area contributed by atoms with Crippen LogP contribution < -0.4 is 0 Å². The van der Waals surface area contributed by atoms with Gasteiger partial charge < -0.3 is 14.9 Å². The van der Waals surface area contributed by atoms with Crippen LogP contribution in [-0.4, -0.2) is 69.3 Å². The molecule has 2 atom stereocenters. The molecule has 2 aliphatic heterocycles. The summed E-state index contributed by atoms with van der Waals surface area (Å²) in [5.74, 6) is -0.702. The van der Waals surface area contributed by atoms with Gasteiger partial charge >= 0.3 is 0 Å². The van der Waals surface area contributed by atoms with Crippen molar-refractivity contribution in [1.82, 2.24) is 14.8 Å². The Balaban J connectivity index is 1.52. The summed E-state index contributed by atoms with van der Waals surface area (Å²) in [5, 5.41) is 9.85. The number of aliphatic hydroxyl groups is 1. The van der Waals surface area contributed by atoms with Gasteiger partial charge in [-0.05, 0) is 48.2 Å². The Morgan fingerprint density at radius 1 is 1.03 bits per heavy atom. The number of Topliss-reactive ketones (excluding diaryl/α,β-unsaturated/α-hetero) is 1. The number of hydrogen-bond donors (Lipinski definition) is 1. The normalized spacial score (nSPS) is 22.0. The van der Waals surface area contributed by atoms with Crippen molar-refractivity contribution in [2.75, 3.05) is 19.6 Å². The van der Waals surface area contributed by atoms with Gasteiger partial charge in [0.1, 0.15) is 6.04 Å². The third-order valence-corrected chi connectivity index (χ3v) is 5.54. The Bertz CT molecular complexity index is 913. The lowest BCUT2D eigenvalue weighted by Gasteiger charge is -2.34. The summed E-state index contributed by atoms with van der Waals surface area (Å²) in [7, 11) is 0. The van der Waals surface area contributed by atoms with Crippen LogP contribution in [0.3, 0.4) is 0 Å². The minimum absolute atomic E-state index is 0.0340. The van der Waals surface area contributed by atoms with E-state index >= 15 is 0 Å².